The number of ether oxygens (including phenoxy) is 1. The molecule has 102 valence electrons. The van der Waals surface area contributed by atoms with Crippen molar-refractivity contribution in [1.82, 2.24) is 4.90 Å². The van der Waals surface area contributed by atoms with Gasteiger partial charge in [-0.3, -0.25) is 4.79 Å². The number of carbonyl (C=O) groups excluding carboxylic acids is 1. The van der Waals surface area contributed by atoms with Crippen molar-refractivity contribution in [3.8, 4) is 0 Å². The number of halogens is 1. The highest BCUT2D eigenvalue weighted by atomic mass is 35.5. The molecule has 0 spiro atoms. The number of carbonyl (C=O) groups is 2. The standard InChI is InChI=1S/C12H12ClNO4S/c13-10-3-1-8(19-10)2-4-11(15)14-5-6-18-9(7-14)12(16)17/h1-4,9H,5-7H2,(H,16,17)/b4-2-/t9-/m1/s1. The highest BCUT2D eigenvalue weighted by molar-refractivity contribution is 7.17. The van der Waals surface area contributed by atoms with Gasteiger partial charge in [0.2, 0.25) is 5.91 Å². The lowest BCUT2D eigenvalue weighted by atomic mass is 10.2. The van der Waals surface area contributed by atoms with E-state index < -0.39 is 12.1 Å². The Balaban J connectivity index is 1.96. The monoisotopic (exact) mass is 301 g/mol. The predicted molar refractivity (Wildman–Crippen MR) is 72.3 cm³/mol. The zero-order valence-corrected chi connectivity index (χ0v) is 11.5. The lowest BCUT2D eigenvalue weighted by Gasteiger charge is -2.30. The van der Waals surface area contributed by atoms with Gasteiger partial charge in [0.25, 0.3) is 0 Å². The lowest BCUT2D eigenvalue weighted by Crippen LogP contribution is -2.48. The number of thiophene rings is 1. The molecule has 7 heteroatoms. The Hall–Kier alpha value is -1.37. The zero-order valence-electron chi connectivity index (χ0n) is 9.91. The van der Waals surface area contributed by atoms with Gasteiger partial charge in [0.05, 0.1) is 17.5 Å². The van der Waals surface area contributed by atoms with E-state index in [0.29, 0.717) is 10.9 Å². The highest BCUT2D eigenvalue weighted by Crippen LogP contribution is 2.22. The Kier molecular flexibility index (Phi) is 4.57. The minimum absolute atomic E-state index is 0.0731. The molecule has 0 radical (unpaired) electrons. The Morgan fingerprint density at radius 1 is 1.53 bits per heavy atom. The molecule has 1 fully saturated rings. The van der Waals surface area contributed by atoms with Crippen molar-refractivity contribution in [3.05, 3.63) is 27.4 Å². The fraction of sp³-hybridized carbons (Fsp3) is 0.333. The first-order chi connectivity index (χ1) is 9.06. The second-order valence-electron chi connectivity index (χ2n) is 3.96. The summed E-state index contributed by atoms with van der Waals surface area (Å²) in [4.78, 5) is 25.1. The van der Waals surface area contributed by atoms with Crippen LogP contribution < -0.4 is 0 Å². The molecule has 2 heterocycles. The van der Waals surface area contributed by atoms with Gasteiger partial charge in [-0.15, -0.1) is 11.3 Å². The molecule has 1 aliphatic rings. The SMILES string of the molecule is O=C(O)[C@H]1CN(C(=O)/C=C\c2ccc(Cl)s2)CCO1. The second kappa shape index (κ2) is 6.18. The molecular formula is C12H12ClNO4S. The van der Waals surface area contributed by atoms with Gasteiger partial charge in [0.15, 0.2) is 6.10 Å². The summed E-state index contributed by atoms with van der Waals surface area (Å²) in [6.07, 6.45) is 2.15. The van der Waals surface area contributed by atoms with Crippen LogP contribution in [-0.4, -0.2) is 47.7 Å². The summed E-state index contributed by atoms with van der Waals surface area (Å²) in [5.41, 5.74) is 0. The largest absolute Gasteiger partial charge is 0.479 e. The van der Waals surface area contributed by atoms with Gasteiger partial charge in [0, 0.05) is 17.5 Å². The van der Waals surface area contributed by atoms with E-state index in [9.17, 15) is 9.59 Å². The van der Waals surface area contributed by atoms with E-state index in [-0.39, 0.29) is 19.1 Å². The van der Waals surface area contributed by atoms with Crippen LogP contribution in [0.15, 0.2) is 18.2 Å². The quantitative estimate of drug-likeness (QED) is 0.863. The molecule has 1 aromatic rings. The average Bonchev–Trinajstić information content (AvgIpc) is 2.82. The Bertz CT molecular complexity index is 514. The van der Waals surface area contributed by atoms with Gasteiger partial charge in [-0.25, -0.2) is 4.79 Å². The van der Waals surface area contributed by atoms with Crippen molar-refractivity contribution in [2.45, 2.75) is 6.10 Å². The minimum atomic E-state index is -1.05. The predicted octanol–water partition coefficient (Wildman–Crippen LogP) is 1.73. The first kappa shape index (κ1) is 14.0. The number of hydrogen-bond donors (Lipinski definition) is 1. The Morgan fingerprint density at radius 3 is 2.95 bits per heavy atom. The molecule has 1 N–H and O–H groups in total. The van der Waals surface area contributed by atoms with Gasteiger partial charge >= 0.3 is 5.97 Å². The van der Waals surface area contributed by atoms with Gasteiger partial charge in [0.1, 0.15) is 0 Å². The van der Waals surface area contributed by atoms with Crippen molar-refractivity contribution in [1.29, 1.82) is 0 Å². The van der Waals surface area contributed by atoms with E-state index in [0.717, 1.165) is 4.88 Å². The smallest absolute Gasteiger partial charge is 0.334 e. The Morgan fingerprint density at radius 2 is 2.32 bits per heavy atom. The molecule has 1 saturated heterocycles. The maximum absolute atomic E-state index is 11.9. The molecular weight excluding hydrogens is 290 g/mol. The molecule has 19 heavy (non-hydrogen) atoms. The lowest BCUT2D eigenvalue weighted by molar-refractivity contribution is -0.158. The third-order valence-electron chi connectivity index (χ3n) is 2.64. The number of hydrogen-bond acceptors (Lipinski definition) is 4. The van der Waals surface area contributed by atoms with Crippen LogP contribution in [0.4, 0.5) is 0 Å². The summed E-state index contributed by atoms with van der Waals surface area (Å²) in [5.74, 6) is -1.27. The first-order valence-corrected chi connectivity index (χ1v) is 6.82. The second-order valence-corrected chi connectivity index (χ2v) is 5.70. The third kappa shape index (κ3) is 3.79. The number of aliphatic carboxylic acids is 1. The first-order valence-electron chi connectivity index (χ1n) is 5.63. The van der Waals surface area contributed by atoms with E-state index in [1.165, 1.54) is 22.3 Å². The van der Waals surface area contributed by atoms with E-state index >= 15 is 0 Å². The maximum Gasteiger partial charge on any atom is 0.334 e. The normalized spacial score (nSPS) is 19.8. The fourth-order valence-corrected chi connectivity index (χ4v) is 2.64. The summed E-state index contributed by atoms with van der Waals surface area (Å²) in [6, 6.07) is 3.57. The van der Waals surface area contributed by atoms with Crippen LogP contribution in [0.2, 0.25) is 4.34 Å². The average molecular weight is 302 g/mol. The molecule has 1 aliphatic heterocycles. The number of carboxylic acids is 1. The van der Waals surface area contributed by atoms with Gasteiger partial charge in [-0.2, -0.15) is 0 Å². The number of amides is 1. The van der Waals surface area contributed by atoms with Crippen LogP contribution in [0.3, 0.4) is 0 Å². The summed E-state index contributed by atoms with van der Waals surface area (Å²) < 4.78 is 5.71. The van der Waals surface area contributed by atoms with E-state index in [1.807, 2.05) is 6.07 Å². The molecule has 1 aromatic heterocycles. The molecule has 1 amide bonds. The fourth-order valence-electron chi connectivity index (χ4n) is 1.68. The van der Waals surface area contributed by atoms with Crippen molar-refractivity contribution < 1.29 is 19.4 Å². The highest BCUT2D eigenvalue weighted by Gasteiger charge is 2.27. The number of carboxylic acid groups (broad SMARTS) is 1. The summed E-state index contributed by atoms with van der Waals surface area (Å²) in [7, 11) is 0. The van der Waals surface area contributed by atoms with Crippen molar-refractivity contribution in [3.63, 3.8) is 0 Å². The van der Waals surface area contributed by atoms with E-state index in [1.54, 1.807) is 12.1 Å². The molecule has 0 aromatic carbocycles. The molecule has 0 aliphatic carbocycles. The summed E-state index contributed by atoms with van der Waals surface area (Å²) in [6.45, 7) is 0.712. The minimum Gasteiger partial charge on any atom is -0.479 e. The van der Waals surface area contributed by atoms with Crippen LogP contribution in [-0.2, 0) is 14.3 Å². The molecule has 0 saturated carbocycles. The molecule has 0 bridgehead atoms. The maximum atomic E-state index is 11.9. The number of nitrogens with zero attached hydrogens (tertiary/aromatic N) is 1. The topological polar surface area (TPSA) is 66.8 Å². The van der Waals surface area contributed by atoms with Crippen molar-refractivity contribution >= 4 is 40.9 Å². The van der Waals surface area contributed by atoms with E-state index in [2.05, 4.69) is 0 Å². The van der Waals surface area contributed by atoms with Gasteiger partial charge < -0.3 is 14.7 Å². The van der Waals surface area contributed by atoms with Crippen molar-refractivity contribution in [2.24, 2.45) is 0 Å². The summed E-state index contributed by atoms with van der Waals surface area (Å²) >= 11 is 7.16. The van der Waals surface area contributed by atoms with Crippen LogP contribution in [0.5, 0.6) is 0 Å². The van der Waals surface area contributed by atoms with Crippen LogP contribution in [0.25, 0.3) is 6.08 Å². The molecule has 1 atom stereocenters. The number of morpholine rings is 1. The van der Waals surface area contributed by atoms with Crippen molar-refractivity contribution in [2.75, 3.05) is 19.7 Å². The zero-order chi connectivity index (χ0) is 13.8. The third-order valence-corrected chi connectivity index (χ3v) is 3.83. The van der Waals surface area contributed by atoms with Gasteiger partial charge in [-0.1, -0.05) is 11.6 Å². The molecule has 5 nitrogen and oxygen atoms in total. The van der Waals surface area contributed by atoms with Gasteiger partial charge in [-0.05, 0) is 18.2 Å². The van der Waals surface area contributed by atoms with Crippen LogP contribution in [0.1, 0.15) is 4.88 Å². The number of rotatable bonds is 3. The molecule has 2 rings (SSSR count). The Labute approximate surface area is 119 Å². The summed E-state index contributed by atoms with van der Waals surface area (Å²) in [5, 5.41) is 8.85. The van der Waals surface area contributed by atoms with E-state index in [4.69, 9.17) is 21.4 Å². The van der Waals surface area contributed by atoms with Crippen LogP contribution in [0, 0.1) is 0 Å². The van der Waals surface area contributed by atoms with Crippen LogP contribution >= 0.6 is 22.9 Å². The molecule has 0 unspecified atom stereocenters.